The first-order valence-corrected chi connectivity index (χ1v) is 12.7. The SMILES string of the molecule is CC[C@@H](C(=O)N1CCS(=O)(=O)CC1)N(C)C(=O)OCC1c2ccccc2-c2ccccc21. The van der Waals surface area contributed by atoms with Gasteiger partial charge in [0.15, 0.2) is 9.84 Å². The summed E-state index contributed by atoms with van der Waals surface area (Å²) in [5.41, 5.74) is 4.56. The highest BCUT2D eigenvalue weighted by atomic mass is 32.2. The lowest BCUT2D eigenvalue weighted by Crippen LogP contribution is -2.53. The second kappa shape index (κ2) is 8.94. The number of carbonyl (C=O) groups is 2. The van der Waals surface area contributed by atoms with Crippen LogP contribution in [-0.4, -0.2) is 74.5 Å². The van der Waals surface area contributed by atoms with Crippen LogP contribution < -0.4 is 0 Å². The predicted molar refractivity (Wildman–Crippen MR) is 122 cm³/mol. The van der Waals surface area contributed by atoms with Crippen LogP contribution in [0.1, 0.15) is 30.4 Å². The lowest BCUT2D eigenvalue weighted by atomic mass is 9.98. The number of likely N-dealkylation sites (N-methyl/N-ethyl adjacent to an activating group) is 1. The van der Waals surface area contributed by atoms with E-state index in [1.54, 1.807) is 7.05 Å². The molecule has 1 saturated heterocycles. The molecule has 1 heterocycles. The van der Waals surface area contributed by atoms with Crippen molar-refractivity contribution in [3.8, 4) is 11.1 Å². The van der Waals surface area contributed by atoms with E-state index >= 15 is 0 Å². The number of benzene rings is 2. The Bertz CT molecular complexity index is 1070. The Balaban J connectivity index is 1.43. The monoisotopic (exact) mass is 456 g/mol. The van der Waals surface area contributed by atoms with Gasteiger partial charge in [0, 0.05) is 26.1 Å². The maximum atomic E-state index is 13.0. The average molecular weight is 457 g/mol. The molecule has 1 aliphatic heterocycles. The van der Waals surface area contributed by atoms with E-state index in [1.165, 1.54) is 9.80 Å². The minimum atomic E-state index is -3.08. The fourth-order valence-electron chi connectivity index (χ4n) is 4.58. The van der Waals surface area contributed by atoms with Gasteiger partial charge in [-0.05, 0) is 28.7 Å². The number of sulfone groups is 1. The molecule has 1 fully saturated rings. The van der Waals surface area contributed by atoms with E-state index < -0.39 is 22.0 Å². The summed E-state index contributed by atoms with van der Waals surface area (Å²) < 4.78 is 29.0. The van der Waals surface area contributed by atoms with Crippen LogP contribution in [0.5, 0.6) is 0 Å². The molecular formula is C24H28N2O5S. The summed E-state index contributed by atoms with van der Waals surface area (Å²) in [6, 6.07) is 15.5. The highest BCUT2D eigenvalue weighted by molar-refractivity contribution is 7.91. The van der Waals surface area contributed by atoms with E-state index in [0.29, 0.717) is 6.42 Å². The fourth-order valence-corrected chi connectivity index (χ4v) is 5.78. The first kappa shape index (κ1) is 22.3. The van der Waals surface area contributed by atoms with Gasteiger partial charge in [0.05, 0.1) is 11.5 Å². The number of rotatable bonds is 5. The zero-order valence-corrected chi connectivity index (χ0v) is 19.2. The van der Waals surface area contributed by atoms with Gasteiger partial charge < -0.3 is 9.64 Å². The van der Waals surface area contributed by atoms with Crippen molar-refractivity contribution in [2.24, 2.45) is 0 Å². The molecule has 170 valence electrons. The minimum absolute atomic E-state index is 0.0379. The van der Waals surface area contributed by atoms with Gasteiger partial charge in [-0.15, -0.1) is 0 Å². The fraction of sp³-hybridized carbons (Fsp3) is 0.417. The van der Waals surface area contributed by atoms with Gasteiger partial charge in [0.1, 0.15) is 12.6 Å². The van der Waals surface area contributed by atoms with Crippen molar-refractivity contribution in [2.75, 3.05) is 38.2 Å². The van der Waals surface area contributed by atoms with Gasteiger partial charge in [-0.1, -0.05) is 55.5 Å². The summed E-state index contributed by atoms with van der Waals surface area (Å²) in [6.07, 6.45) is -0.139. The quantitative estimate of drug-likeness (QED) is 0.691. The van der Waals surface area contributed by atoms with Crippen LogP contribution in [0.2, 0.25) is 0 Å². The normalized spacial score (nSPS) is 17.9. The molecule has 7 nitrogen and oxygen atoms in total. The summed E-state index contributed by atoms with van der Waals surface area (Å²) in [6.45, 7) is 2.34. The molecule has 0 saturated carbocycles. The van der Waals surface area contributed by atoms with Crippen LogP contribution in [0.15, 0.2) is 48.5 Å². The smallest absolute Gasteiger partial charge is 0.410 e. The maximum Gasteiger partial charge on any atom is 0.410 e. The van der Waals surface area contributed by atoms with Crippen LogP contribution in [-0.2, 0) is 19.4 Å². The molecule has 2 aromatic rings. The molecule has 0 unspecified atom stereocenters. The van der Waals surface area contributed by atoms with Crippen LogP contribution in [0.3, 0.4) is 0 Å². The summed E-state index contributed by atoms with van der Waals surface area (Å²) >= 11 is 0. The van der Waals surface area contributed by atoms with Crippen molar-refractivity contribution in [3.63, 3.8) is 0 Å². The van der Waals surface area contributed by atoms with Gasteiger partial charge >= 0.3 is 6.09 Å². The number of hydrogen-bond donors (Lipinski definition) is 0. The lowest BCUT2D eigenvalue weighted by molar-refractivity contribution is -0.135. The Kier molecular flexibility index (Phi) is 6.24. The second-order valence-electron chi connectivity index (χ2n) is 8.32. The molecule has 1 atom stereocenters. The standard InChI is InChI=1S/C24H28N2O5S/c1-3-22(23(27)26-12-14-32(29,30)15-13-26)25(2)24(28)31-16-21-19-10-6-4-8-17(19)18-9-5-7-11-20(18)21/h4-11,21-22H,3,12-16H2,1-2H3/t22-/m0/s1. The van der Waals surface area contributed by atoms with Crippen LogP contribution in [0, 0.1) is 0 Å². The van der Waals surface area contributed by atoms with Crippen molar-refractivity contribution in [1.82, 2.24) is 9.80 Å². The number of ether oxygens (including phenoxy) is 1. The Hall–Kier alpha value is -2.87. The number of nitrogens with zero attached hydrogens (tertiary/aromatic N) is 2. The van der Waals surface area contributed by atoms with E-state index in [9.17, 15) is 18.0 Å². The highest BCUT2D eigenvalue weighted by Gasteiger charge is 2.34. The summed E-state index contributed by atoms with van der Waals surface area (Å²) in [5, 5.41) is 0. The lowest BCUT2D eigenvalue weighted by Gasteiger charge is -2.33. The molecule has 0 spiro atoms. The van der Waals surface area contributed by atoms with Gasteiger partial charge in [0.25, 0.3) is 0 Å². The topological polar surface area (TPSA) is 84.0 Å². The average Bonchev–Trinajstić information content (AvgIpc) is 3.11. The molecule has 4 rings (SSSR count). The van der Waals surface area contributed by atoms with Gasteiger partial charge in [-0.2, -0.15) is 0 Å². The van der Waals surface area contributed by atoms with E-state index in [0.717, 1.165) is 22.3 Å². The van der Waals surface area contributed by atoms with Gasteiger partial charge in [-0.3, -0.25) is 9.69 Å². The predicted octanol–water partition coefficient (Wildman–Crippen LogP) is 2.90. The van der Waals surface area contributed by atoms with E-state index in [-0.39, 0.29) is 43.0 Å². The largest absolute Gasteiger partial charge is 0.448 e. The first-order chi connectivity index (χ1) is 15.3. The first-order valence-electron chi connectivity index (χ1n) is 10.9. The van der Waals surface area contributed by atoms with E-state index in [2.05, 4.69) is 24.3 Å². The summed E-state index contributed by atoms with van der Waals surface area (Å²) in [4.78, 5) is 28.7. The third-order valence-electron chi connectivity index (χ3n) is 6.42. The molecule has 32 heavy (non-hydrogen) atoms. The van der Waals surface area contributed by atoms with E-state index in [4.69, 9.17) is 4.74 Å². The Morgan fingerprint density at radius 1 is 1.03 bits per heavy atom. The molecule has 2 aliphatic rings. The van der Waals surface area contributed by atoms with Crippen molar-refractivity contribution in [2.45, 2.75) is 25.3 Å². The zero-order chi connectivity index (χ0) is 22.9. The third-order valence-corrected chi connectivity index (χ3v) is 8.03. The molecule has 0 N–H and O–H groups in total. The van der Waals surface area contributed by atoms with Crippen molar-refractivity contribution in [1.29, 1.82) is 0 Å². The van der Waals surface area contributed by atoms with Crippen molar-refractivity contribution < 1.29 is 22.7 Å². The van der Waals surface area contributed by atoms with E-state index in [1.807, 2.05) is 31.2 Å². The zero-order valence-electron chi connectivity index (χ0n) is 18.4. The van der Waals surface area contributed by atoms with Crippen LogP contribution in [0.25, 0.3) is 11.1 Å². The summed E-state index contributed by atoms with van der Waals surface area (Å²) in [5.74, 6) is -0.366. The maximum absolute atomic E-state index is 13.0. The Labute approximate surface area is 188 Å². The number of carbonyl (C=O) groups excluding carboxylic acids is 2. The number of fused-ring (bicyclic) bond motifs is 3. The Morgan fingerprint density at radius 3 is 2.09 bits per heavy atom. The molecule has 0 aromatic heterocycles. The van der Waals surface area contributed by atoms with Gasteiger partial charge in [0.2, 0.25) is 5.91 Å². The summed E-state index contributed by atoms with van der Waals surface area (Å²) in [7, 11) is -1.52. The number of amides is 2. The molecule has 8 heteroatoms. The molecule has 0 radical (unpaired) electrons. The van der Waals surface area contributed by atoms with Crippen molar-refractivity contribution >= 4 is 21.8 Å². The molecular weight excluding hydrogens is 428 g/mol. The van der Waals surface area contributed by atoms with Gasteiger partial charge in [-0.25, -0.2) is 13.2 Å². The number of hydrogen-bond acceptors (Lipinski definition) is 5. The van der Waals surface area contributed by atoms with Crippen molar-refractivity contribution in [3.05, 3.63) is 59.7 Å². The van der Waals surface area contributed by atoms with Crippen LogP contribution >= 0.6 is 0 Å². The molecule has 0 bridgehead atoms. The molecule has 2 aromatic carbocycles. The molecule has 1 aliphatic carbocycles. The third kappa shape index (κ3) is 4.24. The Morgan fingerprint density at radius 2 is 1.56 bits per heavy atom. The van der Waals surface area contributed by atoms with Crippen LogP contribution in [0.4, 0.5) is 4.79 Å². The molecule has 2 amide bonds. The second-order valence-corrected chi connectivity index (χ2v) is 10.6. The highest BCUT2D eigenvalue weighted by Crippen LogP contribution is 2.44. The minimum Gasteiger partial charge on any atom is -0.448 e.